The molecule has 1 fully saturated rings. The normalized spacial score (nSPS) is 20.8. The third-order valence-electron chi connectivity index (χ3n) is 3.83. The lowest BCUT2D eigenvalue weighted by Crippen LogP contribution is -2.38. The predicted molar refractivity (Wildman–Crippen MR) is 86.8 cm³/mol. The first-order valence-electron chi connectivity index (χ1n) is 8.14. The van der Waals surface area contributed by atoms with Gasteiger partial charge in [0.25, 0.3) is 0 Å². The fourth-order valence-corrected chi connectivity index (χ4v) is 2.89. The number of halogens is 1. The number of amides is 1. The van der Waals surface area contributed by atoms with E-state index in [0.29, 0.717) is 18.5 Å². The lowest BCUT2D eigenvalue weighted by atomic mass is 9.94. The first-order valence-corrected chi connectivity index (χ1v) is 8.14. The van der Waals surface area contributed by atoms with Crippen molar-refractivity contribution in [3.8, 4) is 0 Å². The van der Waals surface area contributed by atoms with Crippen LogP contribution >= 0.6 is 0 Å². The summed E-state index contributed by atoms with van der Waals surface area (Å²) in [6, 6.07) is 5.32. The van der Waals surface area contributed by atoms with Gasteiger partial charge in [0.2, 0.25) is 0 Å². The molecule has 2 rings (SSSR count). The molecule has 0 aromatic heterocycles. The Morgan fingerprint density at radius 1 is 1.25 bits per heavy atom. The van der Waals surface area contributed by atoms with Crippen LogP contribution in [0, 0.1) is 11.7 Å². The first kappa shape index (κ1) is 18.2. The molecule has 5 nitrogen and oxygen atoms in total. The Labute approximate surface area is 141 Å². The van der Waals surface area contributed by atoms with Crippen molar-refractivity contribution in [1.29, 1.82) is 0 Å². The molecule has 132 valence electrons. The second-order valence-corrected chi connectivity index (χ2v) is 6.82. The number of carbonyl (C=O) groups excluding carboxylic acids is 2. The fourth-order valence-electron chi connectivity index (χ4n) is 2.89. The highest BCUT2D eigenvalue weighted by Gasteiger charge is 2.44. The summed E-state index contributed by atoms with van der Waals surface area (Å²) < 4.78 is 23.8. The molecule has 0 bridgehead atoms. The van der Waals surface area contributed by atoms with Gasteiger partial charge >= 0.3 is 12.1 Å². The van der Waals surface area contributed by atoms with Gasteiger partial charge in [0, 0.05) is 6.54 Å². The summed E-state index contributed by atoms with van der Waals surface area (Å²) in [5, 5.41) is 0. The zero-order valence-electron chi connectivity index (χ0n) is 14.5. The maximum absolute atomic E-state index is 13.2. The molecule has 0 unspecified atom stereocenters. The third-order valence-corrected chi connectivity index (χ3v) is 3.83. The fraction of sp³-hybridized carbons (Fsp3) is 0.556. The highest BCUT2D eigenvalue weighted by molar-refractivity contribution is 5.77. The van der Waals surface area contributed by atoms with Crippen LogP contribution in [0.25, 0.3) is 0 Å². The molecule has 1 aromatic carbocycles. The van der Waals surface area contributed by atoms with Crippen LogP contribution in [0.15, 0.2) is 24.3 Å². The van der Waals surface area contributed by atoms with Crippen molar-refractivity contribution < 1.29 is 23.5 Å². The lowest BCUT2D eigenvalue weighted by Gasteiger charge is -2.30. The Bertz CT molecular complexity index is 594. The topological polar surface area (TPSA) is 55.8 Å². The summed E-state index contributed by atoms with van der Waals surface area (Å²) in [6.45, 7) is 7.77. The van der Waals surface area contributed by atoms with Crippen molar-refractivity contribution in [3.05, 3.63) is 35.6 Å². The zero-order chi connectivity index (χ0) is 17.9. The molecule has 0 aliphatic carbocycles. The minimum absolute atomic E-state index is 0.276. The van der Waals surface area contributed by atoms with Crippen LogP contribution in [0.3, 0.4) is 0 Å². The van der Waals surface area contributed by atoms with Crippen molar-refractivity contribution in [3.63, 3.8) is 0 Å². The molecule has 0 N–H and O–H groups in total. The molecule has 1 heterocycles. The van der Waals surface area contributed by atoms with E-state index >= 15 is 0 Å². The summed E-state index contributed by atoms with van der Waals surface area (Å²) in [5.41, 5.74) is 0.0599. The van der Waals surface area contributed by atoms with Gasteiger partial charge in [-0.1, -0.05) is 12.1 Å². The Hall–Kier alpha value is -2.11. The molecule has 24 heavy (non-hydrogen) atoms. The number of esters is 1. The van der Waals surface area contributed by atoms with E-state index < -0.39 is 23.7 Å². The molecule has 0 spiro atoms. The SMILES string of the molecule is CCOC(=O)[C@@H]1CCN(C(=O)OC(C)(C)C)[C@@H]1c1ccc(F)cc1. The van der Waals surface area contributed by atoms with Crippen molar-refractivity contribution in [2.45, 2.75) is 45.8 Å². The van der Waals surface area contributed by atoms with Crippen LogP contribution in [0.4, 0.5) is 9.18 Å². The number of carbonyl (C=O) groups is 2. The average Bonchev–Trinajstić information content (AvgIpc) is 2.91. The van der Waals surface area contributed by atoms with E-state index in [1.54, 1.807) is 39.8 Å². The second kappa shape index (κ2) is 7.20. The first-order chi connectivity index (χ1) is 11.2. The van der Waals surface area contributed by atoms with Crippen molar-refractivity contribution >= 4 is 12.1 Å². The molecule has 1 aromatic rings. The minimum atomic E-state index is -0.632. The van der Waals surface area contributed by atoms with Gasteiger partial charge in [-0.3, -0.25) is 4.79 Å². The van der Waals surface area contributed by atoms with Crippen LogP contribution in [0.1, 0.15) is 45.7 Å². The Morgan fingerprint density at radius 3 is 2.42 bits per heavy atom. The van der Waals surface area contributed by atoms with Gasteiger partial charge in [0.1, 0.15) is 11.4 Å². The highest BCUT2D eigenvalue weighted by Crippen LogP contribution is 2.39. The Kier molecular flexibility index (Phi) is 5.47. The molecule has 1 saturated heterocycles. The standard InChI is InChI=1S/C18H24FNO4/c1-5-23-16(21)14-10-11-20(17(22)24-18(2,3)4)15(14)12-6-8-13(19)9-7-12/h6-9,14-15H,5,10-11H2,1-4H3/t14-,15-/m1/s1. The maximum atomic E-state index is 13.2. The van der Waals surface area contributed by atoms with Crippen LogP contribution in [-0.4, -0.2) is 35.7 Å². The van der Waals surface area contributed by atoms with Crippen LogP contribution in [0.2, 0.25) is 0 Å². The van der Waals surface area contributed by atoms with E-state index in [-0.39, 0.29) is 18.4 Å². The summed E-state index contributed by atoms with van der Waals surface area (Å²) in [5.74, 6) is -1.20. The Balaban J connectivity index is 2.31. The van der Waals surface area contributed by atoms with E-state index in [9.17, 15) is 14.0 Å². The highest BCUT2D eigenvalue weighted by atomic mass is 19.1. The number of hydrogen-bond donors (Lipinski definition) is 0. The summed E-state index contributed by atoms with van der Waals surface area (Å²) in [7, 11) is 0. The predicted octanol–water partition coefficient (Wildman–Crippen LogP) is 3.69. The Morgan fingerprint density at radius 2 is 1.88 bits per heavy atom. The van der Waals surface area contributed by atoms with Gasteiger partial charge in [-0.25, -0.2) is 9.18 Å². The second-order valence-electron chi connectivity index (χ2n) is 6.82. The van der Waals surface area contributed by atoms with Gasteiger partial charge in [0.05, 0.1) is 18.6 Å². The molecule has 1 amide bonds. The lowest BCUT2D eigenvalue weighted by molar-refractivity contribution is -0.148. The van der Waals surface area contributed by atoms with Gasteiger partial charge in [0.15, 0.2) is 0 Å². The monoisotopic (exact) mass is 337 g/mol. The molecule has 0 saturated carbocycles. The van der Waals surface area contributed by atoms with Gasteiger partial charge in [-0.15, -0.1) is 0 Å². The van der Waals surface area contributed by atoms with Crippen molar-refractivity contribution in [2.24, 2.45) is 5.92 Å². The maximum Gasteiger partial charge on any atom is 0.410 e. The number of rotatable bonds is 3. The van der Waals surface area contributed by atoms with E-state index in [2.05, 4.69) is 0 Å². The van der Waals surface area contributed by atoms with Crippen molar-refractivity contribution in [2.75, 3.05) is 13.2 Å². The zero-order valence-corrected chi connectivity index (χ0v) is 14.5. The van der Waals surface area contributed by atoms with E-state index in [1.165, 1.54) is 17.0 Å². The number of hydrogen-bond acceptors (Lipinski definition) is 4. The molecule has 6 heteroatoms. The quantitative estimate of drug-likeness (QED) is 0.790. The summed E-state index contributed by atoms with van der Waals surface area (Å²) in [6.07, 6.45) is 0.00347. The summed E-state index contributed by atoms with van der Waals surface area (Å²) >= 11 is 0. The van der Waals surface area contributed by atoms with Gasteiger partial charge in [-0.05, 0) is 51.8 Å². The van der Waals surface area contributed by atoms with Gasteiger partial charge in [-0.2, -0.15) is 0 Å². The minimum Gasteiger partial charge on any atom is -0.466 e. The molecule has 1 aliphatic rings. The molecular formula is C18H24FNO4. The van der Waals surface area contributed by atoms with Crippen molar-refractivity contribution in [1.82, 2.24) is 4.90 Å². The third kappa shape index (κ3) is 4.24. The van der Waals surface area contributed by atoms with Gasteiger partial charge < -0.3 is 14.4 Å². The average molecular weight is 337 g/mol. The number of ether oxygens (including phenoxy) is 2. The van der Waals surface area contributed by atoms with E-state index in [1.807, 2.05) is 0 Å². The number of benzene rings is 1. The van der Waals surface area contributed by atoms with Crippen LogP contribution in [0.5, 0.6) is 0 Å². The van der Waals surface area contributed by atoms with Crippen LogP contribution in [-0.2, 0) is 14.3 Å². The summed E-state index contributed by atoms with van der Waals surface area (Å²) in [4.78, 5) is 26.3. The largest absolute Gasteiger partial charge is 0.466 e. The number of nitrogens with zero attached hydrogens (tertiary/aromatic N) is 1. The molecular weight excluding hydrogens is 313 g/mol. The molecule has 1 aliphatic heterocycles. The number of likely N-dealkylation sites (tertiary alicyclic amines) is 1. The van der Waals surface area contributed by atoms with Crippen LogP contribution < -0.4 is 0 Å². The van der Waals surface area contributed by atoms with E-state index in [0.717, 1.165) is 0 Å². The van der Waals surface area contributed by atoms with E-state index in [4.69, 9.17) is 9.47 Å². The smallest absolute Gasteiger partial charge is 0.410 e. The molecule has 2 atom stereocenters. The molecule has 0 radical (unpaired) electrons.